The Kier molecular flexibility index (Phi) is 14.4. The molecule has 5 atom stereocenters. The highest BCUT2D eigenvalue weighted by Gasteiger charge is 2.51. The van der Waals surface area contributed by atoms with Crippen LogP contribution in [0.1, 0.15) is 86.0 Å². The van der Waals surface area contributed by atoms with Gasteiger partial charge in [0.25, 0.3) is 0 Å². The molecule has 0 bridgehead atoms. The zero-order valence-corrected chi connectivity index (χ0v) is 21.1. The third-order valence-corrected chi connectivity index (χ3v) is 5.35. The molecule has 1 heterocycles. The van der Waals surface area contributed by atoms with E-state index in [9.17, 15) is 19.2 Å². The van der Waals surface area contributed by atoms with Crippen molar-refractivity contribution in [2.24, 2.45) is 0 Å². The first kappa shape index (κ1) is 29.8. The molecule has 10 heteroatoms. The van der Waals surface area contributed by atoms with E-state index in [-0.39, 0.29) is 6.61 Å². The highest BCUT2D eigenvalue weighted by molar-refractivity contribution is 5.73. The second-order valence-electron chi connectivity index (χ2n) is 8.57. The zero-order valence-electron chi connectivity index (χ0n) is 21.1. The van der Waals surface area contributed by atoms with E-state index in [1.54, 1.807) is 0 Å². The third kappa shape index (κ3) is 11.8. The van der Waals surface area contributed by atoms with Gasteiger partial charge in [0.2, 0.25) is 5.91 Å². The lowest BCUT2D eigenvalue weighted by Gasteiger charge is -2.44. The van der Waals surface area contributed by atoms with Gasteiger partial charge in [-0.3, -0.25) is 19.2 Å². The number of hydrogen-bond acceptors (Lipinski definition) is 9. The number of carbonyl (C=O) groups excluding carboxylic acids is 4. The number of ether oxygens (including phenoxy) is 5. The number of carbonyl (C=O) groups is 4. The lowest BCUT2D eigenvalue weighted by molar-refractivity contribution is -0.277. The average Bonchev–Trinajstić information content (AvgIpc) is 2.74. The molecule has 0 unspecified atom stereocenters. The molecule has 0 aliphatic carbocycles. The third-order valence-electron chi connectivity index (χ3n) is 5.35. The summed E-state index contributed by atoms with van der Waals surface area (Å²) in [5.74, 6) is -2.22. The van der Waals surface area contributed by atoms with E-state index < -0.39 is 54.5 Å². The van der Waals surface area contributed by atoms with Crippen molar-refractivity contribution in [2.45, 2.75) is 117 Å². The Morgan fingerprint density at radius 3 is 1.85 bits per heavy atom. The van der Waals surface area contributed by atoms with Crippen LogP contribution in [0.25, 0.3) is 0 Å². The smallest absolute Gasteiger partial charge is 0.303 e. The van der Waals surface area contributed by atoms with Gasteiger partial charge in [0, 0.05) is 34.3 Å². The van der Waals surface area contributed by atoms with Crippen molar-refractivity contribution in [3.63, 3.8) is 0 Å². The fourth-order valence-electron chi connectivity index (χ4n) is 3.87. The number of esters is 3. The Morgan fingerprint density at radius 1 is 0.765 bits per heavy atom. The lowest BCUT2D eigenvalue weighted by Crippen LogP contribution is -2.66. The van der Waals surface area contributed by atoms with Crippen molar-refractivity contribution in [2.75, 3.05) is 13.2 Å². The van der Waals surface area contributed by atoms with Crippen molar-refractivity contribution in [3.05, 3.63) is 0 Å². The van der Waals surface area contributed by atoms with E-state index in [4.69, 9.17) is 23.7 Å². The van der Waals surface area contributed by atoms with E-state index in [1.165, 1.54) is 59.8 Å². The Balaban J connectivity index is 2.89. The summed E-state index contributed by atoms with van der Waals surface area (Å²) in [5.41, 5.74) is 0. The highest BCUT2D eigenvalue weighted by Crippen LogP contribution is 2.28. The predicted molar refractivity (Wildman–Crippen MR) is 123 cm³/mol. The summed E-state index contributed by atoms with van der Waals surface area (Å²) in [5, 5.41) is 2.69. The maximum Gasteiger partial charge on any atom is 0.303 e. The maximum atomic E-state index is 11.9. The summed E-state index contributed by atoms with van der Waals surface area (Å²) in [4.78, 5) is 46.8. The Bertz CT molecular complexity index is 654. The molecule has 1 N–H and O–H groups in total. The van der Waals surface area contributed by atoms with Crippen LogP contribution in [0.2, 0.25) is 0 Å². The van der Waals surface area contributed by atoms with Crippen LogP contribution < -0.4 is 5.32 Å². The van der Waals surface area contributed by atoms with Gasteiger partial charge in [0.05, 0.1) is 0 Å². The van der Waals surface area contributed by atoms with Crippen LogP contribution in [0, 0.1) is 0 Å². The molecular weight excluding hydrogens is 446 g/mol. The predicted octanol–water partition coefficient (Wildman–Crippen LogP) is 2.80. The summed E-state index contributed by atoms with van der Waals surface area (Å²) in [7, 11) is 0. The van der Waals surface area contributed by atoms with Crippen molar-refractivity contribution < 1.29 is 42.9 Å². The van der Waals surface area contributed by atoms with Crippen LogP contribution in [0.5, 0.6) is 0 Å². The van der Waals surface area contributed by atoms with Gasteiger partial charge in [-0.05, 0) is 6.42 Å². The van der Waals surface area contributed by atoms with Crippen LogP contribution in [0.15, 0.2) is 0 Å². The number of hydrogen-bond donors (Lipinski definition) is 1. The minimum absolute atomic E-state index is 0.241. The van der Waals surface area contributed by atoms with E-state index in [2.05, 4.69) is 12.2 Å². The molecule has 196 valence electrons. The molecule has 1 saturated heterocycles. The van der Waals surface area contributed by atoms with Crippen LogP contribution in [0.4, 0.5) is 0 Å². The molecular formula is C24H41NO9. The van der Waals surface area contributed by atoms with Crippen LogP contribution >= 0.6 is 0 Å². The molecule has 34 heavy (non-hydrogen) atoms. The largest absolute Gasteiger partial charge is 0.463 e. The molecule has 0 aromatic rings. The van der Waals surface area contributed by atoms with Gasteiger partial charge >= 0.3 is 17.9 Å². The highest BCUT2D eigenvalue weighted by atomic mass is 16.7. The Labute approximate surface area is 202 Å². The van der Waals surface area contributed by atoms with Crippen molar-refractivity contribution in [3.8, 4) is 0 Å². The summed E-state index contributed by atoms with van der Waals surface area (Å²) in [6.07, 6.45) is 4.88. The first-order valence-electron chi connectivity index (χ1n) is 12.2. The van der Waals surface area contributed by atoms with E-state index in [0.717, 1.165) is 19.3 Å². The topological polar surface area (TPSA) is 126 Å². The van der Waals surface area contributed by atoms with Gasteiger partial charge < -0.3 is 29.0 Å². The second-order valence-corrected chi connectivity index (χ2v) is 8.57. The van der Waals surface area contributed by atoms with Gasteiger partial charge in [-0.15, -0.1) is 0 Å². The van der Waals surface area contributed by atoms with Crippen LogP contribution in [0.3, 0.4) is 0 Å². The van der Waals surface area contributed by atoms with Gasteiger partial charge in [-0.1, -0.05) is 51.9 Å². The summed E-state index contributed by atoms with van der Waals surface area (Å²) >= 11 is 0. The van der Waals surface area contributed by atoms with Crippen molar-refractivity contribution in [1.82, 2.24) is 5.32 Å². The van der Waals surface area contributed by atoms with Crippen LogP contribution in [-0.4, -0.2) is 67.7 Å². The van der Waals surface area contributed by atoms with Gasteiger partial charge in [0.1, 0.15) is 18.8 Å². The SMILES string of the molecule is CCCCCCCCCCO[C@@H]1O[C@H](COC(C)=O)[C@H](OC(C)=O)[C@H](OC(C)=O)[C@@H]1NC(C)=O. The molecule has 0 aromatic carbocycles. The second kappa shape index (κ2) is 16.4. The van der Waals surface area contributed by atoms with E-state index in [1.807, 2.05) is 0 Å². The fourth-order valence-corrected chi connectivity index (χ4v) is 3.87. The van der Waals surface area contributed by atoms with E-state index >= 15 is 0 Å². The molecule has 0 radical (unpaired) electrons. The number of nitrogens with one attached hydrogen (secondary N) is 1. The Hall–Kier alpha value is -2.20. The average molecular weight is 488 g/mol. The molecule has 1 aliphatic heterocycles. The maximum absolute atomic E-state index is 11.9. The molecule has 0 saturated carbocycles. The first-order chi connectivity index (χ1) is 16.1. The van der Waals surface area contributed by atoms with Crippen LogP contribution in [-0.2, 0) is 42.9 Å². The quantitative estimate of drug-likeness (QED) is 0.211. The standard InChI is InChI=1S/C24H41NO9/c1-6-7-8-9-10-11-12-13-14-30-24-21(25-16(2)26)23(33-19(5)29)22(32-18(4)28)20(34-24)15-31-17(3)27/h20-24H,6-15H2,1-5H3,(H,25,26)/t20-,21+,22+,23-,24-/m1/s1. The number of amides is 1. The van der Waals surface area contributed by atoms with Crippen molar-refractivity contribution in [1.29, 1.82) is 0 Å². The molecule has 10 nitrogen and oxygen atoms in total. The van der Waals surface area contributed by atoms with E-state index in [0.29, 0.717) is 6.61 Å². The van der Waals surface area contributed by atoms with Gasteiger partial charge in [-0.2, -0.15) is 0 Å². The van der Waals surface area contributed by atoms with Crippen molar-refractivity contribution >= 4 is 23.8 Å². The molecule has 0 aromatic heterocycles. The lowest BCUT2D eigenvalue weighted by atomic mass is 9.96. The summed E-state index contributed by atoms with van der Waals surface area (Å²) < 4.78 is 27.8. The number of rotatable bonds is 15. The summed E-state index contributed by atoms with van der Waals surface area (Å²) in [6, 6.07) is -0.923. The van der Waals surface area contributed by atoms with Gasteiger partial charge in [0.15, 0.2) is 18.5 Å². The monoisotopic (exact) mass is 487 g/mol. The Morgan fingerprint density at radius 2 is 1.32 bits per heavy atom. The molecule has 1 rings (SSSR count). The minimum atomic E-state index is -1.11. The first-order valence-corrected chi connectivity index (χ1v) is 12.2. The number of unbranched alkanes of at least 4 members (excludes halogenated alkanes) is 7. The molecule has 0 spiro atoms. The molecule has 1 fully saturated rings. The fraction of sp³-hybridized carbons (Fsp3) is 0.833. The normalized spacial score (nSPS) is 24.2. The minimum Gasteiger partial charge on any atom is -0.463 e. The molecule has 1 amide bonds. The van der Waals surface area contributed by atoms with Gasteiger partial charge in [-0.25, -0.2) is 0 Å². The molecule has 1 aliphatic rings. The summed E-state index contributed by atoms with van der Waals surface area (Å²) in [6.45, 7) is 7.27. The zero-order chi connectivity index (χ0) is 25.5.